The highest BCUT2D eigenvalue weighted by atomic mass is 35.5. The number of phenolic OH excluding ortho intramolecular Hbond substituents is 1. The van der Waals surface area contributed by atoms with Crippen LogP contribution in [0.25, 0.3) is 11.1 Å². The summed E-state index contributed by atoms with van der Waals surface area (Å²) in [7, 11) is 0. The zero-order valence-corrected chi connectivity index (χ0v) is 17.7. The predicted octanol–water partition coefficient (Wildman–Crippen LogP) is 6.71. The molecule has 0 aliphatic carbocycles. The first-order valence-corrected chi connectivity index (χ1v) is 9.70. The fourth-order valence-corrected chi connectivity index (χ4v) is 3.76. The number of benzene rings is 3. The average Bonchev–Trinajstić information content (AvgIpc) is 2.62. The third-order valence-corrected chi connectivity index (χ3v) is 5.29. The van der Waals surface area contributed by atoms with Crippen molar-refractivity contribution in [1.82, 2.24) is 0 Å². The van der Waals surface area contributed by atoms with Gasteiger partial charge in [0.2, 0.25) is 0 Å². The van der Waals surface area contributed by atoms with Crippen LogP contribution in [-0.4, -0.2) is 16.2 Å². The predicted molar refractivity (Wildman–Crippen MR) is 116 cm³/mol. The number of carbonyl (C=O) groups is 1. The maximum atomic E-state index is 10.9. The number of hydrogen-bond donors (Lipinski definition) is 2. The summed E-state index contributed by atoms with van der Waals surface area (Å²) in [4.78, 5) is 10.9. The Labute approximate surface area is 179 Å². The second-order valence-electron chi connectivity index (χ2n) is 6.99. The SMILES string of the molecule is Cc1cc(C)c(-c2cc(Oc3c(Cl)cc(CC(=O)O)cc3Cl)ccc2O)cc1C. The van der Waals surface area contributed by atoms with Crippen LogP contribution in [0.4, 0.5) is 0 Å². The van der Waals surface area contributed by atoms with E-state index in [9.17, 15) is 9.90 Å². The topological polar surface area (TPSA) is 66.8 Å². The Morgan fingerprint density at radius 3 is 2.14 bits per heavy atom. The molecule has 4 nitrogen and oxygen atoms in total. The number of phenols is 1. The van der Waals surface area contributed by atoms with Crippen LogP contribution < -0.4 is 4.74 Å². The van der Waals surface area contributed by atoms with E-state index in [1.807, 2.05) is 26.8 Å². The van der Waals surface area contributed by atoms with Crippen molar-refractivity contribution in [3.63, 3.8) is 0 Å². The lowest BCUT2D eigenvalue weighted by Crippen LogP contribution is -2.00. The Morgan fingerprint density at radius 2 is 1.52 bits per heavy atom. The van der Waals surface area contributed by atoms with E-state index < -0.39 is 5.97 Å². The minimum atomic E-state index is -0.974. The van der Waals surface area contributed by atoms with Crippen molar-refractivity contribution in [2.75, 3.05) is 0 Å². The average molecular weight is 431 g/mol. The van der Waals surface area contributed by atoms with E-state index in [0.29, 0.717) is 16.9 Å². The molecule has 0 bridgehead atoms. The van der Waals surface area contributed by atoms with Gasteiger partial charge in [0.1, 0.15) is 11.5 Å². The molecule has 0 saturated heterocycles. The number of ether oxygens (including phenoxy) is 1. The molecule has 150 valence electrons. The van der Waals surface area contributed by atoms with Gasteiger partial charge in [-0.25, -0.2) is 0 Å². The summed E-state index contributed by atoms with van der Waals surface area (Å²) >= 11 is 12.5. The molecule has 0 amide bonds. The number of carboxylic acids is 1. The van der Waals surface area contributed by atoms with Gasteiger partial charge < -0.3 is 14.9 Å². The van der Waals surface area contributed by atoms with Gasteiger partial charge in [-0.3, -0.25) is 4.79 Å². The summed E-state index contributed by atoms with van der Waals surface area (Å²) in [6.45, 7) is 6.06. The number of hydrogen-bond acceptors (Lipinski definition) is 3. The second kappa shape index (κ2) is 8.36. The maximum absolute atomic E-state index is 10.9. The maximum Gasteiger partial charge on any atom is 0.307 e. The van der Waals surface area contributed by atoms with Crippen LogP contribution in [0.5, 0.6) is 17.2 Å². The van der Waals surface area contributed by atoms with Gasteiger partial charge in [-0.15, -0.1) is 0 Å². The summed E-state index contributed by atoms with van der Waals surface area (Å²) < 4.78 is 5.89. The number of aliphatic carboxylic acids is 1. The van der Waals surface area contributed by atoms with Crippen LogP contribution in [0.3, 0.4) is 0 Å². The molecule has 2 N–H and O–H groups in total. The number of carboxylic acid groups (broad SMARTS) is 1. The van der Waals surface area contributed by atoms with Crippen LogP contribution in [0.2, 0.25) is 10.0 Å². The van der Waals surface area contributed by atoms with E-state index in [4.69, 9.17) is 33.0 Å². The van der Waals surface area contributed by atoms with Crippen molar-refractivity contribution in [1.29, 1.82) is 0 Å². The molecule has 29 heavy (non-hydrogen) atoms. The molecule has 3 aromatic rings. The van der Waals surface area contributed by atoms with E-state index in [-0.39, 0.29) is 28.0 Å². The van der Waals surface area contributed by atoms with Crippen LogP contribution in [0.15, 0.2) is 42.5 Å². The van der Waals surface area contributed by atoms with E-state index in [1.54, 1.807) is 18.2 Å². The van der Waals surface area contributed by atoms with Gasteiger partial charge in [0.05, 0.1) is 16.5 Å². The van der Waals surface area contributed by atoms with Crippen LogP contribution >= 0.6 is 23.2 Å². The summed E-state index contributed by atoms with van der Waals surface area (Å²) in [6, 6.07) is 12.0. The Hall–Kier alpha value is -2.69. The fourth-order valence-electron chi connectivity index (χ4n) is 3.15. The molecule has 0 unspecified atom stereocenters. The van der Waals surface area contributed by atoms with Gasteiger partial charge in [-0.05, 0) is 78.9 Å². The zero-order chi connectivity index (χ0) is 21.3. The van der Waals surface area contributed by atoms with E-state index in [1.165, 1.54) is 17.7 Å². The molecule has 0 spiro atoms. The molecule has 3 rings (SSSR count). The van der Waals surface area contributed by atoms with Crippen molar-refractivity contribution >= 4 is 29.2 Å². The lowest BCUT2D eigenvalue weighted by Gasteiger charge is -2.15. The quantitative estimate of drug-likeness (QED) is 0.471. The summed E-state index contributed by atoms with van der Waals surface area (Å²) in [5.74, 6) is -0.156. The molecule has 6 heteroatoms. The third kappa shape index (κ3) is 4.66. The molecule has 0 aliphatic rings. The van der Waals surface area contributed by atoms with Crippen molar-refractivity contribution in [2.45, 2.75) is 27.2 Å². The first-order chi connectivity index (χ1) is 13.7. The van der Waals surface area contributed by atoms with Crippen molar-refractivity contribution in [3.05, 3.63) is 74.8 Å². The molecular formula is C23H20Cl2O4. The molecule has 3 aromatic carbocycles. The highest BCUT2D eigenvalue weighted by molar-refractivity contribution is 6.37. The standard InChI is InChI=1S/C23H20Cl2O4/c1-12-6-14(3)17(7-13(12)2)18-11-16(4-5-21(18)26)29-23-19(24)8-15(9-20(23)25)10-22(27)28/h4-9,11,26H,10H2,1-3H3,(H,27,28). The first kappa shape index (κ1) is 21.0. The highest BCUT2D eigenvalue weighted by Crippen LogP contribution is 2.41. The van der Waals surface area contributed by atoms with Crippen LogP contribution in [0.1, 0.15) is 22.3 Å². The van der Waals surface area contributed by atoms with Crippen molar-refractivity contribution in [2.24, 2.45) is 0 Å². The summed E-state index contributed by atoms with van der Waals surface area (Å²) in [5.41, 5.74) is 5.36. The van der Waals surface area contributed by atoms with Gasteiger partial charge in [-0.1, -0.05) is 35.3 Å². The third-order valence-electron chi connectivity index (χ3n) is 4.73. The second-order valence-corrected chi connectivity index (χ2v) is 7.81. The normalized spacial score (nSPS) is 10.8. The minimum absolute atomic E-state index is 0.137. The lowest BCUT2D eigenvalue weighted by molar-refractivity contribution is -0.136. The number of halogens is 2. The number of aryl methyl sites for hydroxylation is 3. The molecule has 0 aromatic heterocycles. The number of aromatic hydroxyl groups is 1. The molecule has 0 aliphatic heterocycles. The van der Waals surface area contributed by atoms with E-state index in [2.05, 4.69) is 6.07 Å². The smallest absolute Gasteiger partial charge is 0.307 e. The van der Waals surface area contributed by atoms with Crippen molar-refractivity contribution < 1.29 is 19.7 Å². The van der Waals surface area contributed by atoms with E-state index in [0.717, 1.165) is 16.7 Å². The first-order valence-electron chi connectivity index (χ1n) is 8.94. The molecule has 0 atom stereocenters. The molecule has 0 saturated carbocycles. The van der Waals surface area contributed by atoms with Crippen LogP contribution in [-0.2, 0) is 11.2 Å². The zero-order valence-electron chi connectivity index (χ0n) is 16.2. The van der Waals surface area contributed by atoms with Gasteiger partial charge in [0, 0.05) is 5.56 Å². The van der Waals surface area contributed by atoms with Crippen molar-refractivity contribution in [3.8, 4) is 28.4 Å². The Bertz CT molecular complexity index is 1080. The molecule has 0 fully saturated rings. The summed E-state index contributed by atoms with van der Waals surface area (Å²) in [5, 5.41) is 19.8. The lowest BCUT2D eigenvalue weighted by atomic mass is 9.95. The van der Waals surface area contributed by atoms with E-state index >= 15 is 0 Å². The Morgan fingerprint density at radius 1 is 0.897 bits per heavy atom. The van der Waals surface area contributed by atoms with Crippen LogP contribution in [0, 0.1) is 20.8 Å². The largest absolute Gasteiger partial charge is 0.507 e. The Kier molecular flexibility index (Phi) is 6.06. The fraction of sp³-hybridized carbons (Fsp3) is 0.174. The van der Waals surface area contributed by atoms with Gasteiger partial charge in [0.25, 0.3) is 0 Å². The number of rotatable bonds is 5. The Balaban J connectivity index is 2.00. The minimum Gasteiger partial charge on any atom is -0.507 e. The molecular weight excluding hydrogens is 411 g/mol. The monoisotopic (exact) mass is 430 g/mol. The highest BCUT2D eigenvalue weighted by Gasteiger charge is 2.15. The molecule has 0 heterocycles. The summed E-state index contributed by atoms with van der Waals surface area (Å²) in [6.07, 6.45) is -0.185. The molecule has 0 radical (unpaired) electrons. The van der Waals surface area contributed by atoms with Gasteiger partial charge in [-0.2, -0.15) is 0 Å². The van der Waals surface area contributed by atoms with Gasteiger partial charge >= 0.3 is 5.97 Å². The van der Waals surface area contributed by atoms with Gasteiger partial charge in [0.15, 0.2) is 5.75 Å².